The number of nitrogens with zero attached hydrogens (tertiary/aromatic N) is 2. The van der Waals surface area contributed by atoms with Gasteiger partial charge >= 0.3 is 0 Å². The highest BCUT2D eigenvalue weighted by Gasteiger charge is 2.30. The Kier molecular flexibility index (Phi) is 3.09. The highest BCUT2D eigenvalue weighted by molar-refractivity contribution is 5.01. The average Bonchev–Trinajstić information content (AvgIpc) is 2.98. The van der Waals surface area contributed by atoms with Gasteiger partial charge in [0.15, 0.2) is 5.82 Å². The van der Waals surface area contributed by atoms with Crippen molar-refractivity contribution in [2.45, 2.75) is 56.7 Å². The van der Waals surface area contributed by atoms with Gasteiger partial charge in [-0.05, 0) is 12.8 Å². The minimum Gasteiger partial charge on any atom is -0.338 e. The van der Waals surface area contributed by atoms with Crippen molar-refractivity contribution in [2.24, 2.45) is 0 Å². The molecule has 2 aliphatic rings. The molecule has 3 rings (SSSR count). The predicted molar refractivity (Wildman–Crippen MR) is 60.4 cm³/mol. The molecule has 2 atom stereocenters. The van der Waals surface area contributed by atoms with Crippen molar-refractivity contribution >= 4 is 0 Å². The summed E-state index contributed by atoms with van der Waals surface area (Å²) in [4.78, 5) is 4.44. The lowest BCUT2D eigenvalue weighted by Gasteiger charge is -2.17. The van der Waals surface area contributed by atoms with Crippen LogP contribution < -0.4 is 5.32 Å². The van der Waals surface area contributed by atoms with Crippen LogP contribution in [0.4, 0.5) is 4.39 Å². The first-order chi connectivity index (χ1) is 8.33. The average molecular weight is 239 g/mol. The molecule has 0 amide bonds. The van der Waals surface area contributed by atoms with E-state index in [1.165, 1.54) is 19.3 Å². The second-order valence-corrected chi connectivity index (χ2v) is 5.12. The summed E-state index contributed by atoms with van der Waals surface area (Å²) in [5.74, 6) is 1.83. The Hall–Kier alpha value is -0.970. The van der Waals surface area contributed by atoms with Gasteiger partial charge in [0.05, 0.1) is 6.04 Å². The van der Waals surface area contributed by atoms with E-state index in [-0.39, 0.29) is 6.04 Å². The first kappa shape index (κ1) is 11.1. The Morgan fingerprint density at radius 2 is 2.06 bits per heavy atom. The van der Waals surface area contributed by atoms with Crippen molar-refractivity contribution in [3.05, 3.63) is 11.7 Å². The maximum atomic E-state index is 13.1. The lowest BCUT2D eigenvalue weighted by Crippen LogP contribution is -2.14. The summed E-state index contributed by atoms with van der Waals surface area (Å²) < 4.78 is 18.3. The van der Waals surface area contributed by atoms with Crippen LogP contribution in [0.15, 0.2) is 4.52 Å². The van der Waals surface area contributed by atoms with E-state index < -0.39 is 6.17 Å². The maximum Gasteiger partial charge on any atom is 0.243 e. The third-order valence-corrected chi connectivity index (χ3v) is 3.80. The van der Waals surface area contributed by atoms with E-state index in [1.807, 2.05) is 0 Å². The second-order valence-electron chi connectivity index (χ2n) is 5.12. The van der Waals surface area contributed by atoms with Gasteiger partial charge in [-0.15, -0.1) is 0 Å². The third kappa shape index (κ3) is 2.34. The second kappa shape index (κ2) is 4.72. The van der Waals surface area contributed by atoms with E-state index in [0.29, 0.717) is 24.8 Å². The van der Waals surface area contributed by atoms with Gasteiger partial charge < -0.3 is 9.84 Å². The molecule has 17 heavy (non-hydrogen) atoms. The fraction of sp³-hybridized carbons (Fsp3) is 0.833. The predicted octanol–water partition coefficient (Wildman–Crippen LogP) is 2.49. The largest absolute Gasteiger partial charge is 0.338 e. The maximum absolute atomic E-state index is 13.1. The van der Waals surface area contributed by atoms with Crippen LogP contribution in [-0.4, -0.2) is 22.9 Å². The number of hydrogen-bond donors (Lipinski definition) is 1. The quantitative estimate of drug-likeness (QED) is 0.861. The minimum atomic E-state index is -0.787. The fourth-order valence-corrected chi connectivity index (χ4v) is 2.80. The smallest absolute Gasteiger partial charge is 0.243 e. The number of hydrogen-bond acceptors (Lipinski definition) is 4. The first-order valence-corrected chi connectivity index (χ1v) is 6.54. The van der Waals surface area contributed by atoms with Crippen LogP contribution in [0.1, 0.15) is 62.2 Å². The Balaban J connectivity index is 1.69. The monoisotopic (exact) mass is 239 g/mol. The van der Waals surface area contributed by atoms with E-state index in [1.54, 1.807) is 0 Å². The van der Waals surface area contributed by atoms with Crippen LogP contribution in [0.5, 0.6) is 0 Å². The zero-order valence-corrected chi connectivity index (χ0v) is 9.86. The molecule has 1 N–H and O–H groups in total. The van der Waals surface area contributed by atoms with Gasteiger partial charge in [-0.1, -0.05) is 24.4 Å². The summed E-state index contributed by atoms with van der Waals surface area (Å²) in [5, 5.41) is 7.13. The number of halogens is 1. The molecular weight excluding hydrogens is 221 g/mol. The molecule has 1 aliphatic carbocycles. The van der Waals surface area contributed by atoms with Crippen LogP contribution in [0.2, 0.25) is 0 Å². The molecule has 94 valence electrons. The van der Waals surface area contributed by atoms with Crippen LogP contribution in [0.3, 0.4) is 0 Å². The normalized spacial score (nSPS) is 30.9. The molecule has 2 heterocycles. The van der Waals surface area contributed by atoms with Gasteiger partial charge in [-0.2, -0.15) is 4.98 Å². The molecule has 5 heteroatoms. The van der Waals surface area contributed by atoms with E-state index >= 15 is 0 Å². The molecule has 0 radical (unpaired) electrons. The molecule has 2 fully saturated rings. The molecular formula is C12H18FN3O. The van der Waals surface area contributed by atoms with Crippen LogP contribution in [0.25, 0.3) is 0 Å². The van der Waals surface area contributed by atoms with Crippen molar-refractivity contribution < 1.29 is 8.91 Å². The topological polar surface area (TPSA) is 51.0 Å². The van der Waals surface area contributed by atoms with Gasteiger partial charge in [0.2, 0.25) is 5.89 Å². The molecule has 1 aromatic heterocycles. The third-order valence-electron chi connectivity index (χ3n) is 3.80. The lowest BCUT2D eigenvalue weighted by molar-refractivity contribution is 0.319. The molecule has 1 aromatic rings. The van der Waals surface area contributed by atoms with Gasteiger partial charge in [-0.3, -0.25) is 0 Å². The molecule has 1 saturated heterocycles. The lowest BCUT2D eigenvalue weighted by atomic mass is 9.89. The Labute approximate surface area is 100.0 Å². The summed E-state index contributed by atoms with van der Waals surface area (Å²) in [7, 11) is 0. The molecule has 0 bridgehead atoms. The van der Waals surface area contributed by atoms with Crippen LogP contribution in [-0.2, 0) is 0 Å². The number of nitrogens with one attached hydrogen (secondary N) is 1. The summed E-state index contributed by atoms with van der Waals surface area (Å²) in [5.41, 5.74) is 0. The molecule has 1 saturated carbocycles. The van der Waals surface area contributed by atoms with Gasteiger partial charge in [0, 0.05) is 18.9 Å². The fourth-order valence-electron chi connectivity index (χ4n) is 2.80. The van der Waals surface area contributed by atoms with Crippen molar-refractivity contribution in [3.8, 4) is 0 Å². The zero-order valence-electron chi connectivity index (χ0n) is 9.86. The Bertz CT molecular complexity index is 356. The van der Waals surface area contributed by atoms with Crippen molar-refractivity contribution in [1.29, 1.82) is 0 Å². The van der Waals surface area contributed by atoms with Crippen LogP contribution in [0, 0.1) is 0 Å². The van der Waals surface area contributed by atoms with Crippen LogP contribution >= 0.6 is 0 Å². The van der Waals surface area contributed by atoms with E-state index in [0.717, 1.165) is 18.7 Å². The number of rotatable bonds is 2. The summed E-state index contributed by atoms with van der Waals surface area (Å²) in [6, 6.07) is -0.0881. The Morgan fingerprint density at radius 1 is 1.24 bits per heavy atom. The summed E-state index contributed by atoms with van der Waals surface area (Å²) in [6.45, 7) is 0.395. The van der Waals surface area contributed by atoms with Gasteiger partial charge in [0.1, 0.15) is 6.17 Å². The van der Waals surface area contributed by atoms with E-state index in [9.17, 15) is 4.39 Å². The summed E-state index contributed by atoms with van der Waals surface area (Å²) in [6.07, 6.45) is 5.79. The minimum absolute atomic E-state index is 0.0881. The highest BCUT2D eigenvalue weighted by atomic mass is 19.1. The SMILES string of the molecule is F[C@H]1CN[C@H](c2nc(C3CCCCC3)no2)C1. The molecule has 1 aliphatic heterocycles. The molecule has 0 aromatic carbocycles. The summed E-state index contributed by atoms with van der Waals surface area (Å²) >= 11 is 0. The van der Waals surface area contributed by atoms with Gasteiger partial charge in [0.25, 0.3) is 0 Å². The highest BCUT2D eigenvalue weighted by Crippen LogP contribution is 2.32. The van der Waals surface area contributed by atoms with E-state index in [4.69, 9.17) is 4.52 Å². The standard InChI is InChI=1S/C12H18FN3O/c13-9-6-10(14-7-9)12-15-11(16-17-12)8-4-2-1-3-5-8/h8-10,14H,1-7H2/t9-,10+/m1/s1. The van der Waals surface area contributed by atoms with E-state index in [2.05, 4.69) is 15.5 Å². The van der Waals surface area contributed by atoms with Crippen molar-refractivity contribution in [2.75, 3.05) is 6.54 Å². The molecule has 0 unspecified atom stereocenters. The number of aromatic nitrogens is 2. The van der Waals surface area contributed by atoms with Gasteiger partial charge in [-0.25, -0.2) is 4.39 Å². The Morgan fingerprint density at radius 3 is 2.76 bits per heavy atom. The first-order valence-electron chi connectivity index (χ1n) is 6.54. The number of alkyl halides is 1. The molecule has 4 nitrogen and oxygen atoms in total. The van der Waals surface area contributed by atoms with Crippen molar-refractivity contribution in [3.63, 3.8) is 0 Å². The molecule has 0 spiro atoms. The zero-order chi connectivity index (χ0) is 11.7. The van der Waals surface area contributed by atoms with Crippen molar-refractivity contribution in [1.82, 2.24) is 15.5 Å².